The highest BCUT2D eigenvalue weighted by atomic mass is 19.1. The molecule has 2 nitrogen and oxygen atoms in total. The van der Waals surface area contributed by atoms with E-state index in [4.69, 9.17) is 0 Å². The number of ether oxygens (including phenoxy) is 1. The molecule has 0 radical (unpaired) electrons. The molecule has 0 saturated carbocycles. The van der Waals surface area contributed by atoms with E-state index in [-0.39, 0.29) is 0 Å². The maximum Gasteiger partial charge on any atom is 0.187 e. The SMILES string of the molecule is CN1CCCC1.COCF. The summed E-state index contributed by atoms with van der Waals surface area (Å²) in [4.78, 5) is 2.36. The zero-order valence-electron chi connectivity index (χ0n) is 6.77. The van der Waals surface area contributed by atoms with Crippen molar-refractivity contribution in [2.75, 3.05) is 34.1 Å². The third-order valence-corrected chi connectivity index (χ3v) is 1.44. The molecule has 3 heteroatoms. The number of methoxy groups -OCH3 is 1. The lowest BCUT2D eigenvalue weighted by Crippen LogP contribution is -2.10. The van der Waals surface area contributed by atoms with Gasteiger partial charge >= 0.3 is 0 Å². The van der Waals surface area contributed by atoms with Crippen molar-refractivity contribution in [1.29, 1.82) is 0 Å². The average Bonchev–Trinajstić information content (AvgIpc) is 2.40. The van der Waals surface area contributed by atoms with Gasteiger partial charge in [0.2, 0.25) is 0 Å². The zero-order chi connectivity index (χ0) is 7.82. The van der Waals surface area contributed by atoms with Gasteiger partial charge in [0.15, 0.2) is 6.86 Å². The van der Waals surface area contributed by atoms with E-state index < -0.39 is 6.86 Å². The molecule has 0 amide bonds. The molecular weight excluding hydrogens is 133 g/mol. The van der Waals surface area contributed by atoms with E-state index in [2.05, 4.69) is 16.7 Å². The highest BCUT2D eigenvalue weighted by Crippen LogP contribution is 2.01. The lowest BCUT2D eigenvalue weighted by molar-refractivity contribution is 0.104. The molecule has 0 aliphatic carbocycles. The molecule has 1 heterocycles. The molecular formula is C7H16FNO. The number of alkyl halides is 1. The average molecular weight is 149 g/mol. The third-order valence-electron chi connectivity index (χ3n) is 1.44. The van der Waals surface area contributed by atoms with E-state index in [0.29, 0.717) is 0 Å². The van der Waals surface area contributed by atoms with Crippen molar-refractivity contribution in [2.24, 2.45) is 0 Å². The van der Waals surface area contributed by atoms with Crippen molar-refractivity contribution in [3.63, 3.8) is 0 Å². The smallest absolute Gasteiger partial charge is 0.187 e. The topological polar surface area (TPSA) is 12.5 Å². The molecule has 1 aliphatic rings. The van der Waals surface area contributed by atoms with Crippen LogP contribution in [0, 0.1) is 0 Å². The zero-order valence-corrected chi connectivity index (χ0v) is 6.77. The van der Waals surface area contributed by atoms with Crippen molar-refractivity contribution in [1.82, 2.24) is 4.90 Å². The van der Waals surface area contributed by atoms with Gasteiger partial charge in [-0.2, -0.15) is 0 Å². The Kier molecular flexibility index (Phi) is 6.86. The van der Waals surface area contributed by atoms with Gasteiger partial charge < -0.3 is 9.64 Å². The van der Waals surface area contributed by atoms with Crippen LogP contribution in [-0.2, 0) is 4.74 Å². The second kappa shape index (κ2) is 6.96. The number of halogens is 1. The molecule has 0 spiro atoms. The van der Waals surface area contributed by atoms with Crippen LogP contribution in [0.2, 0.25) is 0 Å². The number of nitrogens with zero attached hydrogens (tertiary/aromatic N) is 1. The van der Waals surface area contributed by atoms with Crippen molar-refractivity contribution >= 4 is 0 Å². The van der Waals surface area contributed by atoms with E-state index in [0.717, 1.165) is 0 Å². The summed E-state index contributed by atoms with van der Waals surface area (Å²) in [5.74, 6) is 0. The first kappa shape index (κ1) is 9.85. The summed E-state index contributed by atoms with van der Waals surface area (Å²) in [5.41, 5.74) is 0. The first-order chi connectivity index (χ1) is 4.81. The van der Waals surface area contributed by atoms with Crippen LogP contribution >= 0.6 is 0 Å². The molecule has 0 N–H and O–H groups in total. The van der Waals surface area contributed by atoms with Crippen LogP contribution in [0.15, 0.2) is 0 Å². The fraction of sp³-hybridized carbons (Fsp3) is 1.00. The largest absolute Gasteiger partial charge is 0.354 e. The summed E-state index contributed by atoms with van der Waals surface area (Å²) in [6.07, 6.45) is 2.83. The normalized spacial score (nSPS) is 18.3. The summed E-state index contributed by atoms with van der Waals surface area (Å²) >= 11 is 0. The molecule has 0 aromatic carbocycles. The van der Waals surface area contributed by atoms with Crippen molar-refractivity contribution in [3.05, 3.63) is 0 Å². The molecule has 0 aromatic heterocycles. The summed E-state index contributed by atoms with van der Waals surface area (Å²) in [5, 5.41) is 0. The first-order valence-corrected chi connectivity index (χ1v) is 3.54. The van der Waals surface area contributed by atoms with Crippen LogP contribution in [0.4, 0.5) is 4.39 Å². The minimum absolute atomic E-state index is 0.681. The van der Waals surface area contributed by atoms with Gasteiger partial charge in [-0.3, -0.25) is 0 Å². The Balaban J connectivity index is 0.000000180. The van der Waals surface area contributed by atoms with Crippen LogP contribution in [0.25, 0.3) is 0 Å². The Bertz CT molecular complexity index is 62.6. The maximum absolute atomic E-state index is 10.5. The fourth-order valence-electron chi connectivity index (χ4n) is 0.875. The fourth-order valence-corrected chi connectivity index (χ4v) is 0.875. The minimum Gasteiger partial charge on any atom is -0.354 e. The van der Waals surface area contributed by atoms with Crippen LogP contribution < -0.4 is 0 Å². The van der Waals surface area contributed by atoms with Gasteiger partial charge in [0.05, 0.1) is 0 Å². The number of rotatable bonds is 1. The summed E-state index contributed by atoms with van der Waals surface area (Å²) in [6, 6.07) is 0. The molecule has 10 heavy (non-hydrogen) atoms. The Morgan fingerprint density at radius 1 is 1.40 bits per heavy atom. The Hall–Kier alpha value is -0.150. The molecule has 62 valence electrons. The van der Waals surface area contributed by atoms with Crippen LogP contribution in [0.3, 0.4) is 0 Å². The molecule has 1 aliphatic heterocycles. The van der Waals surface area contributed by atoms with Gasteiger partial charge in [-0.25, -0.2) is 4.39 Å². The van der Waals surface area contributed by atoms with E-state index >= 15 is 0 Å². The minimum atomic E-state index is -0.681. The second-order valence-electron chi connectivity index (χ2n) is 2.41. The van der Waals surface area contributed by atoms with E-state index in [1.54, 1.807) is 0 Å². The summed E-state index contributed by atoms with van der Waals surface area (Å²) < 4.78 is 14.4. The quantitative estimate of drug-likeness (QED) is 0.556. The third kappa shape index (κ3) is 5.98. The van der Waals surface area contributed by atoms with E-state index in [1.165, 1.54) is 33.0 Å². The molecule has 0 unspecified atom stereocenters. The maximum atomic E-state index is 10.5. The van der Waals surface area contributed by atoms with Gasteiger partial charge in [0.25, 0.3) is 0 Å². The molecule has 0 bridgehead atoms. The predicted molar refractivity (Wildman–Crippen MR) is 39.7 cm³/mol. The van der Waals surface area contributed by atoms with Gasteiger partial charge in [0.1, 0.15) is 0 Å². The highest BCUT2D eigenvalue weighted by Gasteiger charge is 2.03. The predicted octanol–water partition coefficient (Wildman–Crippen LogP) is 1.27. The van der Waals surface area contributed by atoms with Crippen LogP contribution in [0.5, 0.6) is 0 Å². The van der Waals surface area contributed by atoms with Gasteiger partial charge in [-0.05, 0) is 33.0 Å². The lowest BCUT2D eigenvalue weighted by Gasteiger charge is -2.01. The molecule has 0 atom stereocenters. The van der Waals surface area contributed by atoms with Crippen LogP contribution in [-0.4, -0.2) is 39.0 Å². The molecule has 0 aromatic rings. The summed E-state index contributed by atoms with van der Waals surface area (Å²) in [6.45, 7) is 1.96. The second-order valence-corrected chi connectivity index (χ2v) is 2.41. The monoisotopic (exact) mass is 149 g/mol. The van der Waals surface area contributed by atoms with Crippen molar-refractivity contribution in [3.8, 4) is 0 Å². The highest BCUT2D eigenvalue weighted by molar-refractivity contribution is 4.59. The van der Waals surface area contributed by atoms with Gasteiger partial charge in [-0.15, -0.1) is 0 Å². The lowest BCUT2D eigenvalue weighted by atomic mass is 10.4. The van der Waals surface area contributed by atoms with E-state index in [9.17, 15) is 4.39 Å². The number of hydrogen-bond acceptors (Lipinski definition) is 2. The Morgan fingerprint density at radius 2 is 1.80 bits per heavy atom. The number of hydrogen-bond donors (Lipinski definition) is 0. The Labute approximate surface area is 62.0 Å². The van der Waals surface area contributed by atoms with Gasteiger partial charge in [-0.1, -0.05) is 0 Å². The molecule has 1 saturated heterocycles. The first-order valence-electron chi connectivity index (χ1n) is 3.54. The van der Waals surface area contributed by atoms with Crippen LogP contribution in [0.1, 0.15) is 12.8 Å². The van der Waals surface area contributed by atoms with Crippen molar-refractivity contribution < 1.29 is 9.13 Å². The van der Waals surface area contributed by atoms with Crippen molar-refractivity contribution in [2.45, 2.75) is 12.8 Å². The summed E-state index contributed by atoms with van der Waals surface area (Å²) in [7, 11) is 3.48. The van der Waals surface area contributed by atoms with E-state index in [1.807, 2.05) is 0 Å². The molecule has 1 rings (SSSR count). The number of likely N-dealkylation sites (tertiary alicyclic amines) is 1. The van der Waals surface area contributed by atoms with Gasteiger partial charge in [0, 0.05) is 7.11 Å². The molecule has 1 fully saturated rings. The standard InChI is InChI=1S/C5H11N.C2H5FO/c1-6-4-2-3-5-6;1-4-2-3/h2-5H2,1H3;2H2,1H3. The Morgan fingerprint density at radius 3 is 1.90 bits per heavy atom.